The number of amides is 1. The Labute approximate surface area is 118 Å². The Bertz CT molecular complexity index is 461. The second-order valence-corrected chi connectivity index (χ2v) is 5.10. The number of hydrogen-bond acceptors (Lipinski definition) is 3. The molecule has 0 aliphatic heterocycles. The summed E-state index contributed by atoms with van der Waals surface area (Å²) in [6, 6.07) is 4.84. The van der Waals surface area contributed by atoms with E-state index in [1.165, 1.54) is 12.1 Å². The average Bonchev–Trinajstić information content (AvgIpc) is 3.20. The van der Waals surface area contributed by atoms with Crippen LogP contribution < -0.4 is 15.4 Å². The molecule has 0 bridgehead atoms. The lowest BCUT2D eigenvalue weighted by molar-refractivity contribution is -0.123. The van der Waals surface area contributed by atoms with E-state index < -0.39 is 0 Å². The zero-order valence-corrected chi connectivity index (χ0v) is 11.7. The molecule has 1 aromatic carbocycles. The van der Waals surface area contributed by atoms with Crippen LogP contribution in [0.5, 0.6) is 5.75 Å². The van der Waals surface area contributed by atoms with Gasteiger partial charge in [-0.05, 0) is 43.5 Å². The van der Waals surface area contributed by atoms with Crippen LogP contribution in [0.3, 0.4) is 0 Å². The molecule has 5 heteroatoms. The van der Waals surface area contributed by atoms with Gasteiger partial charge < -0.3 is 15.4 Å². The highest BCUT2D eigenvalue weighted by Gasteiger charge is 2.23. The van der Waals surface area contributed by atoms with Gasteiger partial charge in [-0.25, -0.2) is 4.39 Å². The summed E-state index contributed by atoms with van der Waals surface area (Å²) in [5, 5.41) is 6.03. The molecule has 1 aliphatic rings. The standard InChI is InChI=1S/C15H21FN2O2/c1-2-5-17-9-11-6-12(16)8-14(7-11)20-10-15(19)18-13-3-4-13/h6-8,13,17H,2-5,9-10H2,1H3,(H,18,19). The van der Waals surface area contributed by atoms with Crippen molar-refractivity contribution in [1.82, 2.24) is 10.6 Å². The molecule has 0 spiro atoms. The van der Waals surface area contributed by atoms with Crippen molar-refractivity contribution in [3.05, 3.63) is 29.6 Å². The quantitative estimate of drug-likeness (QED) is 0.716. The molecule has 20 heavy (non-hydrogen) atoms. The summed E-state index contributed by atoms with van der Waals surface area (Å²) in [6.07, 6.45) is 3.11. The monoisotopic (exact) mass is 280 g/mol. The number of hydrogen-bond donors (Lipinski definition) is 2. The van der Waals surface area contributed by atoms with Crippen LogP contribution in [0.1, 0.15) is 31.7 Å². The van der Waals surface area contributed by atoms with Crippen LogP contribution in [0.4, 0.5) is 4.39 Å². The van der Waals surface area contributed by atoms with Gasteiger partial charge in [0.2, 0.25) is 0 Å². The first-order valence-electron chi connectivity index (χ1n) is 7.09. The fraction of sp³-hybridized carbons (Fsp3) is 0.533. The number of rotatable bonds is 8. The maximum absolute atomic E-state index is 13.5. The molecular weight excluding hydrogens is 259 g/mol. The normalized spacial score (nSPS) is 14.1. The molecule has 1 fully saturated rings. The van der Waals surface area contributed by atoms with E-state index in [4.69, 9.17) is 4.74 Å². The van der Waals surface area contributed by atoms with Gasteiger partial charge in [0.15, 0.2) is 6.61 Å². The Kier molecular flexibility index (Phi) is 5.35. The van der Waals surface area contributed by atoms with Crippen molar-refractivity contribution in [1.29, 1.82) is 0 Å². The van der Waals surface area contributed by atoms with E-state index in [2.05, 4.69) is 17.6 Å². The number of benzene rings is 1. The average molecular weight is 280 g/mol. The molecule has 0 saturated heterocycles. The Morgan fingerprint density at radius 3 is 2.90 bits per heavy atom. The molecule has 1 aliphatic carbocycles. The van der Waals surface area contributed by atoms with Crippen molar-refractivity contribution < 1.29 is 13.9 Å². The van der Waals surface area contributed by atoms with Gasteiger partial charge in [0, 0.05) is 18.7 Å². The van der Waals surface area contributed by atoms with Crippen molar-refractivity contribution in [2.75, 3.05) is 13.2 Å². The van der Waals surface area contributed by atoms with Crippen LogP contribution in [0.2, 0.25) is 0 Å². The second kappa shape index (κ2) is 7.24. The van der Waals surface area contributed by atoms with E-state index in [-0.39, 0.29) is 18.3 Å². The van der Waals surface area contributed by atoms with Crippen LogP contribution in [0.15, 0.2) is 18.2 Å². The lowest BCUT2D eigenvalue weighted by Crippen LogP contribution is -2.30. The van der Waals surface area contributed by atoms with Gasteiger partial charge in [-0.1, -0.05) is 6.92 Å². The fourth-order valence-electron chi connectivity index (χ4n) is 1.86. The van der Waals surface area contributed by atoms with Crippen molar-refractivity contribution in [3.63, 3.8) is 0 Å². The molecule has 2 rings (SSSR count). The van der Waals surface area contributed by atoms with Gasteiger partial charge in [-0.2, -0.15) is 0 Å². The molecule has 0 unspecified atom stereocenters. The predicted molar refractivity (Wildman–Crippen MR) is 75.1 cm³/mol. The first-order valence-corrected chi connectivity index (χ1v) is 7.09. The number of nitrogens with one attached hydrogen (secondary N) is 2. The third kappa shape index (κ3) is 5.17. The van der Waals surface area contributed by atoms with E-state index in [1.54, 1.807) is 6.07 Å². The lowest BCUT2D eigenvalue weighted by Gasteiger charge is -2.09. The third-order valence-electron chi connectivity index (χ3n) is 3.00. The number of ether oxygens (including phenoxy) is 1. The molecule has 110 valence electrons. The molecule has 0 atom stereocenters. The third-order valence-corrected chi connectivity index (χ3v) is 3.00. The van der Waals surface area contributed by atoms with E-state index >= 15 is 0 Å². The second-order valence-electron chi connectivity index (χ2n) is 5.10. The Morgan fingerprint density at radius 1 is 1.40 bits per heavy atom. The first-order chi connectivity index (χ1) is 9.67. The van der Waals surface area contributed by atoms with Gasteiger partial charge in [0.25, 0.3) is 5.91 Å². The van der Waals surface area contributed by atoms with Crippen LogP contribution in [0, 0.1) is 5.82 Å². The van der Waals surface area contributed by atoms with Gasteiger partial charge >= 0.3 is 0 Å². The summed E-state index contributed by atoms with van der Waals surface area (Å²) >= 11 is 0. The minimum Gasteiger partial charge on any atom is -0.484 e. The van der Waals surface area contributed by atoms with Gasteiger partial charge in [0.05, 0.1) is 0 Å². The van der Waals surface area contributed by atoms with Crippen molar-refractivity contribution in [2.45, 2.75) is 38.8 Å². The number of carbonyl (C=O) groups is 1. The number of carbonyl (C=O) groups excluding carboxylic acids is 1. The zero-order valence-electron chi connectivity index (χ0n) is 11.7. The largest absolute Gasteiger partial charge is 0.484 e. The molecule has 1 aromatic rings. The summed E-state index contributed by atoms with van der Waals surface area (Å²) in [5.74, 6) is -0.106. The van der Waals surface area contributed by atoms with Crippen molar-refractivity contribution in [2.24, 2.45) is 0 Å². The van der Waals surface area contributed by atoms with Crippen LogP contribution in [0.25, 0.3) is 0 Å². The summed E-state index contributed by atoms with van der Waals surface area (Å²) in [6.45, 7) is 3.49. The van der Waals surface area contributed by atoms with Crippen LogP contribution >= 0.6 is 0 Å². The molecule has 0 aromatic heterocycles. The van der Waals surface area contributed by atoms with Gasteiger partial charge in [-0.15, -0.1) is 0 Å². The predicted octanol–water partition coefficient (Wildman–Crippen LogP) is 1.98. The van der Waals surface area contributed by atoms with E-state index in [9.17, 15) is 9.18 Å². The lowest BCUT2D eigenvalue weighted by atomic mass is 10.2. The fourth-order valence-corrected chi connectivity index (χ4v) is 1.86. The van der Waals surface area contributed by atoms with E-state index in [1.807, 2.05) is 0 Å². The molecule has 1 saturated carbocycles. The van der Waals surface area contributed by atoms with E-state index in [0.717, 1.165) is 31.4 Å². The summed E-state index contributed by atoms with van der Waals surface area (Å²) in [7, 11) is 0. The van der Waals surface area contributed by atoms with Gasteiger partial charge in [0.1, 0.15) is 11.6 Å². The zero-order chi connectivity index (χ0) is 14.4. The van der Waals surface area contributed by atoms with Crippen molar-refractivity contribution >= 4 is 5.91 Å². The van der Waals surface area contributed by atoms with E-state index in [0.29, 0.717) is 18.3 Å². The number of halogens is 1. The first kappa shape index (κ1) is 14.8. The van der Waals surface area contributed by atoms with Crippen molar-refractivity contribution in [3.8, 4) is 5.75 Å². The molecule has 0 heterocycles. The SMILES string of the molecule is CCCNCc1cc(F)cc(OCC(=O)NC2CC2)c1. The highest BCUT2D eigenvalue weighted by Crippen LogP contribution is 2.19. The smallest absolute Gasteiger partial charge is 0.258 e. The summed E-state index contributed by atoms with van der Waals surface area (Å²) in [4.78, 5) is 11.5. The highest BCUT2D eigenvalue weighted by atomic mass is 19.1. The van der Waals surface area contributed by atoms with Gasteiger partial charge in [-0.3, -0.25) is 4.79 Å². The Hall–Kier alpha value is -1.62. The molecule has 2 N–H and O–H groups in total. The highest BCUT2D eigenvalue weighted by molar-refractivity contribution is 5.78. The molecule has 1 amide bonds. The molecule has 4 nitrogen and oxygen atoms in total. The summed E-state index contributed by atoms with van der Waals surface area (Å²) in [5.41, 5.74) is 0.816. The maximum atomic E-state index is 13.5. The minimum atomic E-state index is -0.349. The van der Waals surface area contributed by atoms with Crippen LogP contribution in [-0.4, -0.2) is 25.1 Å². The molecular formula is C15H21FN2O2. The Morgan fingerprint density at radius 2 is 2.20 bits per heavy atom. The summed E-state index contributed by atoms with van der Waals surface area (Å²) < 4.78 is 18.8. The maximum Gasteiger partial charge on any atom is 0.258 e. The molecule has 0 radical (unpaired) electrons. The van der Waals surface area contributed by atoms with Crippen LogP contribution in [-0.2, 0) is 11.3 Å². The topological polar surface area (TPSA) is 50.4 Å². The Balaban J connectivity index is 1.84. The minimum absolute atomic E-state index is 0.0677.